The van der Waals surface area contributed by atoms with Crippen LogP contribution in [-0.4, -0.2) is 31.5 Å². The number of carbonyl (C=O) groups is 2. The molecule has 0 saturated carbocycles. The summed E-state index contributed by atoms with van der Waals surface area (Å²) in [6.45, 7) is 5.57. The summed E-state index contributed by atoms with van der Waals surface area (Å²) >= 11 is 0. The van der Waals surface area contributed by atoms with Crippen LogP contribution in [0.15, 0.2) is 48.5 Å². The Morgan fingerprint density at radius 2 is 1.75 bits per heavy atom. The van der Waals surface area contributed by atoms with Gasteiger partial charge >= 0.3 is 0 Å². The summed E-state index contributed by atoms with van der Waals surface area (Å²) in [5.41, 5.74) is 2.01. The smallest absolute Gasteiger partial charge is 0.251 e. The van der Waals surface area contributed by atoms with Crippen LogP contribution in [0.25, 0.3) is 0 Å². The molecule has 0 aromatic heterocycles. The number of ether oxygens (including phenoxy) is 1. The van der Waals surface area contributed by atoms with Crippen LogP contribution in [0.5, 0.6) is 5.75 Å². The second kappa shape index (κ2) is 11.6. The van der Waals surface area contributed by atoms with Gasteiger partial charge in [0.05, 0.1) is 13.2 Å². The summed E-state index contributed by atoms with van der Waals surface area (Å²) in [7, 11) is 0. The molecule has 2 amide bonds. The summed E-state index contributed by atoms with van der Waals surface area (Å²) in [5.74, 6) is 0.513. The van der Waals surface area contributed by atoms with Gasteiger partial charge in [-0.3, -0.25) is 9.59 Å². The van der Waals surface area contributed by atoms with Crippen molar-refractivity contribution in [1.82, 2.24) is 5.32 Å². The van der Waals surface area contributed by atoms with Gasteiger partial charge in [-0.05, 0) is 55.3 Å². The molecule has 0 aliphatic rings. The van der Waals surface area contributed by atoms with E-state index in [9.17, 15) is 9.59 Å². The normalized spacial score (nSPS) is 10.2. The third-order valence-electron chi connectivity index (χ3n) is 4.00. The molecule has 0 radical (unpaired) electrons. The minimum Gasteiger partial charge on any atom is -0.494 e. The van der Waals surface area contributed by atoms with Gasteiger partial charge in [0.25, 0.3) is 5.91 Å². The zero-order valence-corrected chi connectivity index (χ0v) is 16.6. The molecule has 6 heteroatoms. The number of rotatable bonds is 11. The van der Waals surface area contributed by atoms with Gasteiger partial charge in [0.15, 0.2) is 0 Å². The molecule has 150 valence electrons. The fourth-order valence-corrected chi connectivity index (χ4v) is 2.49. The molecule has 2 aromatic rings. The standard InChI is InChI=1S/C22H29N3O3/c1-3-5-13-23-22(27)17-7-6-8-19(15-17)24-16-21(26)25-18-9-11-20(12-10-18)28-14-4-2/h6-12,15,24H,3-5,13-14,16H2,1-2H3,(H,23,27)(H,25,26). The molecule has 2 aromatic carbocycles. The van der Waals surface area contributed by atoms with E-state index in [0.717, 1.165) is 30.7 Å². The van der Waals surface area contributed by atoms with Crippen LogP contribution in [-0.2, 0) is 4.79 Å². The molecule has 2 rings (SSSR count). The first-order chi connectivity index (χ1) is 13.6. The largest absolute Gasteiger partial charge is 0.494 e. The number of amides is 2. The first-order valence-corrected chi connectivity index (χ1v) is 9.77. The van der Waals surface area contributed by atoms with Crippen molar-refractivity contribution in [2.45, 2.75) is 33.1 Å². The Morgan fingerprint density at radius 3 is 2.46 bits per heavy atom. The lowest BCUT2D eigenvalue weighted by atomic mass is 10.2. The first-order valence-electron chi connectivity index (χ1n) is 9.77. The highest BCUT2D eigenvalue weighted by atomic mass is 16.5. The molecule has 28 heavy (non-hydrogen) atoms. The van der Waals surface area contributed by atoms with Gasteiger partial charge in [-0.25, -0.2) is 0 Å². The number of hydrogen-bond donors (Lipinski definition) is 3. The van der Waals surface area contributed by atoms with Crippen molar-refractivity contribution in [2.75, 3.05) is 30.3 Å². The average molecular weight is 383 g/mol. The molecular formula is C22H29N3O3. The highest BCUT2D eigenvalue weighted by Gasteiger charge is 2.07. The van der Waals surface area contributed by atoms with Crippen molar-refractivity contribution in [3.63, 3.8) is 0 Å². The minimum absolute atomic E-state index is 0.105. The monoisotopic (exact) mass is 383 g/mol. The van der Waals surface area contributed by atoms with Gasteiger partial charge in [0, 0.05) is 23.5 Å². The van der Waals surface area contributed by atoms with E-state index in [-0.39, 0.29) is 18.4 Å². The van der Waals surface area contributed by atoms with Crippen LogP contribution in [0.2, 0.25) is 0 Å². The number of hydrogen-bond acceptors (Lipinski definition) is 4. The van der Waals surface area contributed by atoms with Crippen molar-refractivity contribution < 1.29 is 14.3 Å². The van der Waals surface area contributed by atoms with Crippen molar-refractivity contribution in [1.29, 1.82) is 0 Å². The van der Waals surface area contributed by atoms with E-state index in [1.165, 1.54) is 0 Å². The zero-order chi connectivity index (χ0) is 20.2. The van der Waals surface area contributed by atoms with Gasteiger partial charge < -0.3 is 20.7 Å². The van der Waals surface area contributed by atoms with Crippen LogP contribution in [0.1, 0.15) is 43.5 Å². The lowest BCUT2D eigenvalue weighted by molar-refractivity contribution is -0.114. The first kappa shape index (κ1) is 21.3. The van der Waals surface area contributed by atoms with E-state index in [4.69, 9.17) is 4.74 Å². The SMILES string of the molecule is CCCCNC(=O)c1cccc(NCC(=O)Nc2ccc(OCCC)cc2)c1. The van der Waals surface area contributed by atoms with E-state index >= 15 is 0 Å². The third kappa shape index (κ3) is 7.31. The molecule has 0 spiro atoms. The molecule has 6 nitrogen and oxygen atoms in total. The maximum atomic E-state index is 12.2. The quantitative estimate of drug-likeness (QED) is 0.511. The fourth-order valence-electron chi connectivity index (χ4n) is 2.49. The highest BCUT2D eigenvalue weighted by molar-refractivity contribution is 5.96. The molecule has 0 fully saturated rings. The van der Waals surface area contributed by atoms with Crippen molar-refractivity contribution >= 4 is 23.2 Å². The van der Waals surface area contributed by atoms with Crippen LogP contribution >= 0.6 is 0 Å². The van der Waals surface area contributed by atoms with Gasteiger partial charge in [0.1, 0.15) is 5.75 Å². The molecule has 0 heterocycles. The van der Waals surface area contributed by atoms with Crippen LogP contribution in [0.4, 0.5) is 11.4 Å². The lowest BCUT2D eigenvalue weighted by Crippen LogP contribution is -2.25. The Morgan fingerprint density at radius 1 is 0.964 bits per heavy atom. The minimum atomic E-state index is -0.167. The molecule has 0 saturated heterocycles. The summed E-state index contributed by atoms with van der Waals surface area (Å²) in [6.07, 6.45) is 2.94. The Balaban J connectivity index is 1.82. The number of benzene rings is 2. The maximum absolute atomic E-state index is 12.2. The Labute approximate surface area is 166 Å². The van der Waals surface area contributed by atoms with Crippen LogP contribution in [0.3, 0.4) is 0 Å². The Hall–Kier alpha value is -3.02. The van der Waals surface area contributed by atoms with Gasteiger partial charge in [-0.15, -0.1) is 0 Å². The molecule has 0 bridgehead atoms. The molecular weight excluding hydrogens is 354 g/mol. The molecule has 0 aliphatic heterocycles. The van der Waals surface area contributed by atoms with Crippen molar-refractivity contribution in [3.05, 3.63) is 54.1 Å². The van der Waals surface area contributed by atoms with Crippen molar-refractivity contribution in [2.24, 2.45) is 0 Å². The summed E-state index contributed by atoms with van der Waals surface area (Å²) in [6, 6.07) is 14.4. The fraction of sp³-hybridized carbons (Fsp3) is 0.364. The van der Waals surface area contributed by atoms with E-state index in [0.29, 0.717) is 24.4 Å². The zero-order valence-electron chi connectivity index (χ0n) is 16.6. The molecule has 0 aliphatic carbocycles. The summed E-state index contributed by atoms with van der Waals surface area (Å²) in [5, 5.41) is 8.77. The van der Waals surface area contributed by atoms with Gasteiger partial charge in [-0.1, -0.05) is 26.3 Å². The van der Waals surface area contributed by atoms with E-state index in [1.807, 2.05) is 30.3 Å². The summed E-state index contributed by atoms with van der Waals surface area (Å²) in [4.78, 5) is 24.3. The summed E-state index contributed by atoms with van der Waals surface area (Å²) < 4.78 is 5.52. The number of nitrogens with one attached hydrogen (secondary N) is 3. The second-order valence-corrected chi connectivity index (χ2v) is 6.46. The molecule has 0 unspecified atom stereocenters. The number of unbranched alkanes of at least 4 members (excludes halogenated alkanes) is 1. The second-order valence-electron chi connectivity index (χ2n) is 6.46. The van der Waals surface area contributed by atoms with Crippen LogP contribution in [0, 0.1) is 0 Å². The van der Waals surface area contributed by atoms with Crippen LogP contribution < -0.4 is 20.7 Å². The maximum Gasteiger partial charge on any atom is 0.251 e. The molecule has 3 N–H and O–H groups in total. The predicted molar refractivity (Wildman–Crippen MR) is 113 cm³/mol. The average Bonchev–Trinajstić information content (AvgIpc) is 2.72. The number of anilines is 2. The van der Waals surface area contributed by atoms with E-state index < -0.39 is 0 Å². The lowest BCUT2D eigenvalue weighted by Gasteiger charge is -2.10. The topological polar surface area (TPSA) is 79.5 Å². The third-order valence-corrected chi connectivity index (χ3v) is 4.00. The van der Waals surface area contributed by atoms with E-state index in [1.54, 1.807) is 18.2 Å². The van der Waals surface area contributed by atoms with Gasteiger partial charge in [-0.2, -0.15) is 0 Å². The van der Waals surface area contributed by atoms with Gasteiger partial charge in [0.2, 0.25) is 5.91 Å². The Bertz CT molecular complexity index is 760. The predicted octanol–water partition coefficient (Wildman–Crippen LogP) is 4.06. The Kier molecular flexibility index (Phi) is 8.85. The molecule has 0 atom stereocenters. The van der Waals surface area contributed by atoms with Crippen molar-refractivity contribution in [3.8, 4) is 5.75 Å². The highest BCUT2D eigenvalue weighted by Crippen LogP contribution is 2.16. The van der Waals surface area contributed by atoms with E-state index in [2.05, 4.69) is 29.8 Å². The number of carbonyl (C=O) groups excluding carboxylic acids is 2.